The van der Waals surface area contributed by atoms with Crippen molar-refractivity contribution >= 4 is 16.5 Å². The van der Waals surface area contributed by atoms with E-state index in [1.54, 1.807) is 18.2 Å². The van der Waals surface area contributed by atoms with Crippen LogP contribution in [-0.2, 0) is 6.54 Å². The van der Waals surface area contributed by atoms with Crippen molar-refractivity contribution < 1.29 is 18.0 Å². The molecule has 6 nitrogen and oxygen atoms in total. The molecule has 0 aliphatic rings. The van der Waals surface area contributed by atoms with Gasteiger partial charge >= 0.3 is 6.61 Å². The Morgan fingerprint density at radius 3 is 2.65 bits per heavy atom. The number of hydrogen-bond acceptors (Lipinski definition) is 7. The highest BCUT2D eigenvalue weighted by Gasteiger charge is 2.13. The number of aromatic nitrogens is 3. The van der Waals surface area contributed by atoms with E-state index in [4.69, 9.17) is 4.52 Å². The Morgan fingerprint density at radius 1 is 1.22 bits per heavy atom. The lowest BCUT2D eigenvalue weighted by molar-refractivity contribution is -0.0498. The fourth-order valence-corrected chi connectivity index (χ4v) is 2.68. The van der Waals surface area contributed by atoms with E-state index in [9.17, 15) is 8.78 Å². The maximum absolute atomic E-state index is 12.1. The highest BCUT2D eigenvalue weighted by molar-refractivity contribution is 7.18. The predicted molar refractivity (Wildman–Crippen MR) is 80.6 cm³/mol. The number of anilines is 1. The highest BCUT2D eigenvalue weighted by Crippen LogP contribution is 2.27. The molecule has 0 saturated heterocycles. The SMILES string of the molecule is CN(Cc1ccc(OC(F)F)cc1)c1nnc(-c2ccon2)s1. The average molecular weight is 338 g/mol. The van der Waals surface area contributed by atoms with Crippen LogP contribution < -0.4 is 9.64 Å². The van der Waals surface area contributed by atoms with Gasteiger partial charge in [0.25, 0.3) is 0 Å². The van der Waals surface area contributed by atoms with Gasteiger partial charge in [0.05, 0.1) is 0 Å². The van der Waals surface area contributed by atoms with Crippen molar-refractivity contribution in [3.8, 4) is 16.5 Å². The van der Waals surface area contributed by atoms with Crippen LogP contribution in [0.1, 0.15) is 5.56 Å². The molecule has 0 aliphatic carbocycles. The second-order valence-electron chi connectivity index (χ2n) is 4.65. The van der Waals surface area contributed by atoms with Gasteiger partial charge < -0.3 is 14.2 Å². The van der Waals surface area contributed by atoms with Gasteiger partial charge in [-0.2, -0.15) is 8.78 Å². The van der Waals surface area contributed by atoms with Crippen molar-refractivity contribution in [2.45, 2.75) is 13.2 Å². The summed E-state index contributed by atoms with van der Waals surface area (Å²) in [6.45, 7) is -2.26. The summed E-state index contributed by atoms with van der Waals surface area (Å²) in [5, 5.41) is 13.4. The minimum Gasteiger partial charge on any atom is -0.435 e. The molecule has 0 amide bonds. The molecule has 0 radical (unpaired) electrons. The molecular weight excluding hydrogens is 326 g/mol. The number of hydrogen-bond donors (Lipinski definition) is 0. The molecule has 0 aliphatic heterocycles. The van der Waals surface area contributed by atoms with Gasteiger partial charge in [-0.3, -0.25) is 0 Å². The van der Waals surface area contributed by atoms with Gasteiger partial charge in [0, 0.05) is 19.7 Å². The summed E-state index contributed by atoms with van der Waals surface area (Å²) in [5.41, 5.74) is 1.57. The minimum atomic E-state index is -2.82. The van der Waals surface area contributed by atoms with E-state index in [2.05, 4.69) is 20.1 Å². The van der Waals surface area contributed by atoms with Gasteiger partial charge in [-0.15, -0.1) is 10.2 Å². The fourth-order valence-electron chi connectivity index (χ4n) is 1.91. The van der Waals surface area contributed by atoms with Gasteiger partial charge in [-0.25, -0.2) is 0 Å². The monoisotopic (exact) mass is 338 g/mol. The first-order valence-electron chi connectivity index (χ1n) is 6.61. The number of alkyl halides is 2. The van der Waals surface area contributed by atoms with Gasteiger partial charge in [-0.05, 0) is 17.7 Å². The molecule has 0 saturated carbocycles. The van der Waals surface area contributed by atoms with Crippen LogP contribution in [0.4, 0.5) is 13.9 Å². The van der Waals surface area contributed by atoms with Gasteiger partial charge in [0.15, 0.2) is 5.01 Å². The quantitative estimate of drug-likeness (QED) is 0.686. The Morgan fingerprint density at radius 2 is 2.00 bits per heavy atom. The Bertz CT molecular complexity index is 746. The maximum Gasteiger partial charge on any atom is 0.387 e. The largest absolute Gasteiger partial charge is 0.435 e. The van der Waals surface area contributed by atoms with Crippen LogP contribution in [0.25, 0.3) is 10.7 Å². The van der Waals surface area contributed by atoms with E-state index in [-0.39, 0.29) is 5.75 Å². The van der Waals surface area contributed by atoms with E-state index in [1.807, 2.05) is 11.9 Å². The first kappa shape index (κ1) is 15.3. The molecular formula is C14H12F2N4O2S. The zero-order valence-corrected chi connectivity index (χ0v) is 12.8. The molecule has 2 heterocycles. The molecule has 0 atom stereocenters. The summed E-state index contributed by atoms with van der Waals surface area (Å²) in [5.74, 6) is 0.135. The van der Waals surface area contributed by atoms with Crippen molar-refractivity contribution in [3.63, 3.8) is 0 Å². The van der Waals surface area contributed by atoms with Crippen LogP contribution in [0, 0.1) is 0 Å². The van der Waals surface area contributed by atoms with Crippen LogP contribution in [-0.4, -0.2) is 29.0 Å². The molecule has 1 aromatic carbocycles. The molecule has 23 heavy (non-hydrogen) atoms. The van der Waals surface area contributed by atoms with Crippen LogP contribution in [0.2, 0.25) is 0 Å². The van der Waals surface area contributed by atoms with Gasteiger partial charge in [-0.1, -0.05) is 28.6 Å². The Kier molecular flexibility index (Phi) is 4.47. The smallest absolute Gasteiger partial charge is 0.387 e. The molecule has 2 aromatic heterocycles. The highest BCUT2D eigenvalue weighted by atomic mass is 32.1. The molecule has 0 unspecified atom stereocenters. The number of benzene rings is 1. The van der Waals surface area contributed by atoms with Gasteiger partial charge in [0.1, 0.15) is 17.7 Å². The Hall–Kier alpha value is -2.55. The summed E-state index contributed by atoms with van der Waals surface area (Å²) in [6, 6.07) is 8.19. The third-order valence-corrected chi connectivity index (χ3v) is 4.03. The van der Waals surface area contributed by atoms with Crippen molar-refractivity contribution in [2.75, 3.05) is 11.9 Å². The summed E-state index contributed by atoms with van der Waals surface area (Å²) >= 11 is 1.39. The topological polar surface area (TPSA) is 64.3 Å². The zero-order chi connectivity index (χ0) is 16.2. The zero-order valence-electron chi connectivity index (χ0n) is 12.0. The molecule has 0 spiro atoms. The van der Waals surface area contributed by atoms with Crippen LogP contribution >= 0.6 is 11.3 Å². The fraction of sp³-hybridized carbons (Fsp3) is 0.214. The van der Waals surface area contributed by atoms with E-state index < -0.39 is 6.61 Å². The average Bonchev–Trinajstić information content (AvgIpc) is 3.19. The van der Waals surface area contributed by atoms with Crippen molar-refractivity contribution in [1.82, 2.24) is 15.4 Å². The lowest BCUT2D eigenvalue weighted by Gasteiger charge is -2.15. The lowest BCUT2D eigenvalue weighted by Crippen LogP contribution is -2.16. The van der Waals surface area contributed by atoms with E-state index in [1.165, 1.54) is 29.7 Å². The number of halogens is 2. The lowest BCUT2D eigenvalue weighted by atomic mass is 10.2. The number of rotatable bonds is 6. The maximum atomic E-state index is 12.1. The van der Waals surface area contributed by atoms with Crippen LogP contribution in [0.5, 0.6) is 5.75 Å². The molecule has 0 N–H and O–H groups in total. The van der Waals surface area contributed by atoms with E-state index in [0.717, 1.165) is 10.7 Å². The standard InChI is InChI=1S/C14H12F2N4O2S/c1-20(8-9-2-4-10(5-3-9)22-13(15)16)14-18-17-12(23-14)11-6-7-21-19-11/h2-7,13H,8H2,1H3. The van der Waals surface area contributed by atoms with Crippen LogP contribution in [0.15, 0.2) is 41.1 Å². The minimum absolute atomic E-state index is 0.135. The normalized spacial score (nSPS) is 11.0. The molecule has 3 rings (SSSR count). The molecule has 9 heteroatoms. The first-order valence-corrected chi connectivity index (χ1v) is 7.42. The van der Waals surface area contributed by atoms with Crippen molar-refractivity contribution in [2.24, 2.45) is 0 Å². The van der Waals surface area contributed by atoms with E-state index >= 15 is 0 Å². The Balaban J connectivity index is 1.66. The molecule has 0 fully saturated rings. The Labute approximate surface area is 134 Å². The third-order valence-electron chi connectivity index (χ3n) is 2.97. The van der Waals surface area contributed by atoms with E-state index in [0.29, 0.717) is 17.2 Å². The molecule has 120 valence electrons. The van der Waals surface area contributed by atoms with Gasteiger partial charge in [0.2, 0.25) is 5.13 Å². The second-order valence-corrected chi connectivity index (χ2v) is 5.61. The summed E-state index contributed by atoms with van der Waals surface area (Å²) in [4.78, 5) is 1.91. The number of nitrogens with zero attached hydrogens (tertiary/aromatic N) is 4. The summed E-state index contributed by atoms with van der Waals surface area (Å²) in [6.07, 6.45) is 1.48. The molecule has 0 bridgehead atoms. The van der Waals surface area contributed by atoms with Crippen molar-refractivity contribution in [1.29, 1.82) is 0 Å². The second kappa shape index (κ2) is 6.69. The third kappa shape index (κ3) is 3.81. The first-order chi connectivity index (χ1) is 11.1. The van der Waals surface area contributed by atoms with Crippen molar-refractivity contribution in [3.05, 3.63) is 42.2 Å². The number of ether oxygens (including phenoxy) is 1. The summed E-state index contributed by atoms with van der Waals surface area (Å²) in [7, 11) is 1.87. The predicted octanol–water partition coefficient (Wildman–Crippen LogP) is 3.43. The molecule has 3 aromatic rings. The summed E-state index contributed by atoms with van der Waals surface area (Å²) < 4.78 is 33.3. The van der Waals surface area contributed by atoms with Crippen LogP contribution in [0.3, 0.4) is 0 Å².